The van der Waals surface area contributed by atoms with Crippen LogP contribution in [-0.4, -0.2) is 67.7 Å². The smallest absolute Gasteiger partial charge is 0.748 e. The molecule has 0 radical (unpaired) electrons. The molecule has 8 heteroatoms. The molecular weight excluding hydrogens is 365 g/mol. The van der Waals surface area contributed by atoms with Crippen LogP contribution in [0.4, 0.5) is 0 Å². The van der Waals surface area contributed by atoms with Crippen molar-refractivity contribution in [3.05, 3.63) is 0 Å². The zero-order valence-corrected chi connectivity index (χ0v) is 20.1. The first-order valence-corrected chi connectivity index (χ1v) is 11.3. The summed E-state index contributed by atoms with van der Waals surface area (Å²) in [5, 5.41) is 9.83. The summed E-state index contributed by atoms with van der Waals surface area (Å²) < 4.78 is 37.6. The Hall–Kier alpha value is 0.790. The predicted octanol–water partition coefficient (Wildman–Crippen LogP) is -0.236. The predicted molar refractivity (Wildman–Crippen MR) is 101 cm³/mol. The van der Waals surface area contributed by atoms with Crippen LogP contribution in [0, 0.1) is 0 Å². The van der Waals surface area contributed by atoms with Gasteiger partial charge in [0.05, 0.1) is 28.1 Å². The molecule has 0 aliphatic heterocycles. The third kappa shape index (κ3) is 19.5. The van der Waals surface area contributed by atoms with Crippen LogP contribution in [0.2, 0.25) is 0 Å². The van der Waals surface area contributed by atoms with Gasteiger partial charge in [0.1, 0.15) is 0 Å². The normalized spacial score (nSPS) is 14.2. The number of ether oxygens (including phenoxy) is 1. The Morgan fingerprint density at radius 3 is 2.15 bits per heavy atom. The van der Waals surface area contributed by atoms with Crippen molar-refractivity contribution in [1.82, 2.24) is 4.90 Å². The second-order valence-corrected chi connectivity index (χ2v) is 8.50. The topological polar surface area (TPSA) is 89.9 Å². The molecule has 0 amide bonds. The minimum absolute atomic E-state index is 0. The van der Waals surface area contributed by atoms with Gasteiger partial charge in [-0.15, -0.1) is 0 Å². The van der Waals surface area contributed by atoms with Gasteiger partial charge in [-0.25, -0.2) is 8.42 Å². The van der Waals surface area contributed by atoms with E-state index in [-0.39, 0.29) is 48.0 Å². The van der Waals surface area contributed by atoms with E-state index in [1.54, 1.807) is 14.0 Å². The van der Waals surface area contributed by atoms with Crippen molar-refractivity contribution in [2.24, 2.45) is 0 Å². The molecule has 0 spiro atoms. The monoisotopic (exact) mass is 403 g/mol. The van der Waals surface area contributed by atoms with Gasteiger partial charge in [-0.2, -0.15) is 0 Å². The summed E-state index contributed by atoms with van der Waals surface area (Å²) in [6.45, 7) is 5.41. The molecular formula is C18H38NNaO5S. The largest absolute Gasteiger partial charge is 1.00 e. The Morgan fingerprint density at radius 2 is 1.62 bits per heavy atom. The fourth-order valence-corrected chi connectivity index (χ4v) is 3.25. The van der Waals surface area contributed by atoms with Gasteiger partial charge in [-0.1, -0.05) is 51.9 Å². The van der Waals surface area contributed by atoms with E-state index in [1.165, 1.54) is 38.5 Å². The minimum atomic E-state index is -4.15. The van der Waals surface area contributed by atoms with Gasteiger partial charge < -0.3 is 19.3 Å². The van der Waals surface area contributed by atoms with E-state index < -0.39 is 16.2 Å². The Bertz CT molecular complexity index is 406. The van der Waals surface area contributed by atoms with Crippen LogP contribution in [0.3, 0.4) is 0 Å². The van der Waals surface area contributed by atoms with Crippen molar-refractivity contribution in [1.29, 1.82) is 0 Å². The van der Waals surface area contributed by atoms with Gasteiger partial charge in [0, 0.05) is 19.7 Å². The number of rotatable bonds is 17. The van der Waals surface area contributed by atoms with Crippen LogP contribution in [0.25, 0.3) is 0 Å². The zero-order chi connectivity index (χ0) is 19.1. The molecule has 0 rings (SSSR count). The summed E-state index contributed by atoms with van der Waals surface area (Å²) in [7, 11) is -2.36. The van der Waals surface area contributed by atoms with E-state index >= 15 is 0 Å². The summed E-state index contributed by atoms with van der Waals surface area (Å²) in [5.41, 5.74) is 0. The molecule has 0 saturated carbocycles. The Kier molecular flexibility index (Phi) is 19.9. The van der Waals surface area contributed by atoms with E-state index in [0.717, 1.165) is 19.3 Å². The van der Waals surface area contributed by atoms with Gasteiger partial charge in [0.15, 0.2) is 0 Å². The molecule has 1 N–H and O–H groups in total. The van der Waals surface area contributed by atoms with Crippen LogP contribution in [0.5, 0.6) is 0 Å². The maximum Gasteiger partial charge on any atom is 1.00 e. The van der Waals surface area contributed by atoms with E-state index in [2.05, 4.69) is 6.92 Å². The number of hydrogen-bond acceptors (Lipinski definition) is 6. The average Bonchev–Trinajstić information content (AvgIpc) is 2.53. The summed E-state index contributed by atoms with van der Waals surface area (Å²) in [6, 6.07) is 0. The molecule has 0 aromatic heterocycles. The van der Waals surface area contributed by atoms with Gasteiger partial charge in [-0.05, 0) is 26.8 Å². The quantitative estimate of drug-likeness (QED) is 0.205. The molecule has 0 aromatic carbocycles. The molecule has 6 nitrogen and oxygen atoms in total. The maximum absolute atomic E-state index is 10.6. The fourth-order valence-electron chi connectivity index (χ4n) is 2.72. The number of hydrogen-bond donors (Lipinski definition) is 1. The second-order valence-electron chi connectivity index (χ2n) is 6.98. The molecule has 152 valence electrons. The Morgan fingerprint density at radius 1 is 1.04 bits per heavy atom. The molecule has 0 fully saturated rings. The standard InChI is InChI=1S/C18H39NO5S.Na/c1-4-5-6-7-8-9-10-12-18(17(2)20)24-15-11-13-19(3)14-16-25(21,22)23;/h17-18,20H,4-16H2,1-3H3,(H,21,22,23);/q;+1/p-1. The maximum atomic E-state index is 10.6. The van der Waals surface area contributed by atoms with Crippen LogP contribution in [0.15, 0.2) is 0 Å². The van der Waals surface area contributed by atoms with Crippen LogP contribution in [-0.2, 0) is 14.9 Å². The SMILES string of the molecule is CCCCCCCCCC(OCCCN(C)CCS(=O)(=O)[O-])C(C)O.[Na+]. The van der Waals surface area contributed by atoms with Gasteiger partial charge in [0.2, 0.25) is 0 Å². The Balaban J connectivity index is 0. The molecule has 2 atom stereocenters. The van der Waals surface area contributed by atoms with E-state index in [0.29, 0.717) is 13.2 Å². The average molecular weight is 404 g/mol. The van der Waals surface area contributed by atoms with Crippen molar-refractivity contribution < 1.29 is 52.4 Å². The molecule has 0 heterocycles. The van der Waals surface area contributed by atoms with Crippen molar-refractivity contribution in [2.45, 2.75) is 83.8 Å². The number of unbranched alkanes of at least 4 members (excludes halogenated alkanes) is 6. The summed E-state index contributed by atoms with van der Waals surface area (Å²) >= 11 is 0. The fraction of sp³-hybridized carbons (Fsp3) is 1.00. The summed E-state index contributed by atoms with van der Waals surface area (Å²) in [4.78, 5) is 1.81. The molecule has 0 saturated heterocycles. The first kappa shape index (κ1) is 29.0. The molecule has 0 aliphatic carbocycles. The van der Waals surface area contributed by atoms with Crippen LogP contribution < -0.4 is 29.6 Å². The summed E-state index contributed by atoms with van der Waals surface area (Å²) in [6.07, 6.45) is 9.69. The Labute approximate surface area is 183 Å². The number of aliphatic hydroxyl groups is 1. The molecule has 2 unspecified atom stereocenters. The number of aliphatic hydroxyl groups excluding tert-OH is 1. The van der Waals surface area contributed by atoms with Crippen molar-refractivity contribution >= 4 is 10.1 Å². The number of nitrogens with zero attached hydrogens (tertiary/aromatic N) is 1. The van der Waals surface area contributed by atoms with Crippen molar-refractivity contribution in [3.63, 3.8) is 0 Å². The van der Waals surface area contributed by atoms with Crippen LogP contribution >= 0.6 is 0 Å². The van der Waals surface area contributed by atoms with Crippen LogP contribution in [0.1, 0.15) is 71.6 Å². The molecule has 0 bridgehead atoms. The summed E-state index contributed by atoms with van der Waals surface area (Å²) in [5.74, 6) is -0.362. The van der Waals surface area contributed by atoms with Crippen molar-refractivity contribution in [3.8, 4) is 0 Å². The zero-order valence-electron chi connectivity index (χ0n) is 17.3. The third-order valence-corrected chi connectivity index (χ3v) is 5.05. The van der Waals surface area contributed by atoms with E-state index in [4.69, 9.17) is 4.74 Å². The third-order valence-electron chi connectivity index (χ3n) is 4.37. The van der Waals surface area contributed by atoms with Gasteiger partial charge >= 0.3 is 29.6 Å². The molecule has 26 heavy (non-hydrogen) atoms. The molecule has 0 aromatic rings. The van der Waals surface area contributed by atoms with E-state index in [9.17, 15) is 18.1 Å². The second kappa shape index (κ2) is 17.9. The molecule has 0 aliphatic rings. The van der Waals surface area contributed by atoms with E-state index in [1.807, 2.05) is 4.90 Å². The van der Waals surface area contributed by atoms with Crippen molar-refractivity contribution in [2.75, 3.05) is 32.5 Å². The van der Waals surface area contributed by atoms with Gasteiger partial charge in [0.25, 0.3) is 0 Å². The minimum Gasteiger partial charge on any atom is -0.748 e. The van der Waals surface area contributed by atoms with Gasteiger partial charge in [-0.3, -0.25) is 0 Å². The first-order valence-electron chi connectivity index (χ1n) is 9.68. The first-order chi connectivity index (χ1) is 11.8.